The van der Waals surface area contributed by atoms with Gasteiger partial charge in [0.1, 0.15) is 0 Å². The van der Waals surface area contributed by atoms with Crippen molar-refractivity contribution in [2.45, 2.75) is 263 Å². The molecule has 3 atom stereocenters. The highest BCUT2D eigenvalue weighted by Crippen LogP contribution is 2.16. The van der Waals surface area contributed by atoms with E-state index in [1.807, 2.05) is 6.08 Å². The number of carbonyl (C=O) groups excluding carboxylic acids is 1. The first-order valence-corrected chi connectivity index (χ1v) is 23.1. The van der Waals surface area contributed by atoms with Gasteiger partial charge in [0.25, 0.3) is 0 Å². The van der Waals surface area contributed by atoms with E-state index in [0.29, 0.717) is 6.42 Å². The molecule has 0 aliphatic carbocycles. The van der Waals surface area contributed by atoms with Gasteiger partial charge in [-0.25, -0.2) is 0 Å². The van der Waals surface area contributed by atoms with E-state index in [0.717, 1.165) is 32.1 Å². The van der Waals surface area contributed by atoms with Gasteiger partial charge in [-0.15, -0.1) is 0 Å². The predicted octanol–water partition coefficient (Wildman–Crippen LogP) is 13.4. The largest absolute Gasteiger partial charge is 0.394 e. The Kier molecular flexibility index (Phi) is 41.6. The second-order valence-corrected chi connectivity index (χ2v) is 16.0. The normalized spacial score (nSPS) is 13.7. The molecule has 0 aliphatic heterocycles. The third-order valence-corrected chi connectivity index (χ3v) is 10.7. The average molecular weight is 734 g/mol. The highest BCUT2D eigenvalue weighted by molar-refractivity contribution is 5.76. The number of hydrogen-bond acceptors (Lipinski definition) is 4. The van der Waals surface area contributed by atoms with Crippen LogP contribution in [0.4, 0.5) is 0 Å². The molecule has 308 valence electrons. The van der Waals surface area contributed by atoms with Gasteiger partial charge in [0.15, 0.2) is 0 Å². The SMILES string of the molecule is CCCCCCCCCC/C=C/CC/C=C/C(O)C(CO)NC(=O)CC(O)CCCCCCCCCCCCCCCCCCCCCCCCC. The molecule has 0 rings (SSSR count). The standard InChI is InChI=1S/C47H91NO4/c1-3-5-7-9-11-13-15-17-19-20-21-22-23-24-25-26-27-28-30-32-34-36-38-40-44(50)42-47(52)48-45(43-49)46(51)41-39-37-35-33-31-29-18-16-14-12-10-8-6-4-2/h31,33,39,41,44-46,49-51H,3-30,32,34-38,40,42-43H2,1-2H3,(H,48,52)/b33-31+,41-39+. The maximum atomic E-state index is 12.4. The number of nitrogens with one attached hydrogen (secondary N) is 1. The molecule has 0 aliphatic rings. The number of allylic oxidation sites excluding steroid dienone is 3. The van der Waals surface area contributed by atoms with E-state index in [1.165, 1.54) is 186 Å². The average Bonchev–Trinajstić information content (AvgIpc) is 3.14. The van der Waals surface area contributed by atoms with Crippen molar-refractivity contribution in [3.8, 4) is 0 Å². The van der Waals surface area contributed by atoms with Gasteiger partial charge in [-0.3, -0.25) is 4.79 Å². The number of rotatable bonds is 42. The monoisotopic (exact) mass is 734 g/mol. The third-order valence-electron chi connectivity index (χ3n) is 10.7. The summed E-state index contributed by atoms with van der Waals surface area (Å²) >= 11 is 0. The summed E-state index contributed by atoms with van der Waals surface area (Å²) in [7, 11) is 0. The van der Waals surface area contributed by atoms with Crippen molar-refractivity contribution < 1.29 is 20.1 Å². The number of unbranched alkanes of at least 4 members (excludes halogenated alkanes) is 31. The van der Waals surface area contributed by atoms with Crippen LogP contribution in [0, 0.1) is 0 Å². The van der Waals surface area contributed by atoms with Gasteiger partial charge in [-0.2, -0.15) is 0 Å². The predicted molar refractivity (Wildman–Crippen MR) is 227 cm³/mol. The summed E-state index contributed by atoms with van der Waals surface area (Å²) in [6, 6.07) is -0.757. The Morgan fingerprint density at radius 2 is 0.827 bits per heavy atom. The Morgan fingerprint density at radius 3 is 1.23 bits per heavy atom. The molecular weight excluding hydrogens is 643 g/mol. The Balaban J connectivity index is 3.61. The Bertz CT molecular complexity index is 768. The van der Waals surface area contributed by atoms with Gasteiger partial charge < -0.3 is 20.6 Å². The molecule has 0 aromatic heterocycles. The van der Waals surface area contributed by atoms with Crippen molar-refractivity contribution in [2.75, 3.05) is 6.61 Å². The van der Waals surface area contributed by atoms with E-state index >= 15 is 0 Å². The van der Waals surface area contributed by atoms with Crippen LogP contribution in [-0.4, -0.2) is 46.1 Å². The lowest BCUT2D eigenvalue weighted by Crippen LogP contribution is -2.45. The molecule has 0 saturated carbocycles. The number of hydrogen-bond donors (Lipinski definition) is 4. The molecule has 0 bridgehead atoms. The zero-order valence-electron chi connectivity index (χ0n) is 35.0. The van der Waals surface area contributed by atoms with Crippen LogP contribution in [0.1, 0.15) is 245 Å². The topological polar surface area (TPSA) is 89.8 Å². The Morgan fingerprint density at radius 1 is 0.481 bits per heavy atom. The summed E-state index contributed by atoms with van der Waals surface area (Å²) < 4.78 is 0. The molecule has 5 nitrogen and oxygen atoms in total. The number of carbonyl (C=O) groups is 1. The molecule has 0 heterocycles. The van der Waals surface area contributed by atoms with Crippen LogP contribution in [0.5, 0.6) is 0 Å². The molecular formula is C47H91NO4. The summed E-state index contributed by atoms with van der Waals surface area (Å²) in [5.41, 5.74) is 0. The Labute approximate surface area is 324 Å². The summed E-state index contributed by atoms with van der Waals surface area (Å²) in [6.07, 6.45) is 51.9. The summed E-state index contributed by atoms with van der Waals surface area (Å²) in [5.74, 6) is -0.322. The first-order chi connectivity index (χ1) is 25.5. The lowest BCUT2D eigenvalue weighted by Gasteiger charge is -2.21. The van der Waals surface area contributed by atoms with Crippen LogP contribution in [0.3, 0.4) is 0 Å². The van der Waals surface area contributed by atoms with Crippen LogP contribution in [-0.2, 0) is 4.79 Å². The van der Waals surface area contributed by atoms with Gasteiger partial charge in [0.2, 0.25) is 5.91 Å². The highest BCUT2D eigenvalue weighted by atomic mass is 16.3. The van der Waals surface area contributed by atoms with E-state index in [9.17, 15) is 20.1 Å². The molecule has 0 fully saturated rings. The lowest BCUT2D eigenvalue weighted by atomic mass is 10.0. The van der Waals surface area contributed by atoms with Crippen molar-refractivity contribution in [3.05, 3.63) is 24.3 Å². The molecule has 52 heavy (non-hydrogen) atoms. The van der Waals surface area contributed by atoms with Crippen LogP contribution in [0.25, 0.3) is 0 Å². The van der Waals surface area contributed by atoms with Gasteiger partial charge in [-0.1, -0.05) is 231 Å². The van der Waals surface area contributed by atoms with E-state index < -0.39 is 18.2 Å². The first-order valence-electron chi connectivity index (χ1n) is 23.1. The first kappa shape index (κ1) is 50.8. The molecule has 5 heteroatoms. The molecule has 0 spiro atoms. The van der Waals surface area contributed by atoms with Gasteiger partial charge in [0, 0.05) is 0 Å². The van der Waals surface area contributed by atoms with Crippen LogP contribution in [0.15, 0.2) is 24.3 Å². The fourth-order valence-electron chi connectivity index (χ4n) is 7.18. The Hall–Kier alpha value is -1.17. The fraction of sp³-hybridized carbons (Fsp3) is 0.894. The van der Waals surface area contributed by atoms with Crippen LogP contribution in [0.2, 0.25) is 0 Å². The lowest BCUT2D eigenvalue weighted by molar-refractivity contribution is -0.124. The highest BCUT2D eigenvalue weighted by Gasteiger charge is 2.20. The minimum Gasteiger partial charge on any atom is -0.394 e. The molecule has 4 N–H and O–H groups in total. The molecule has 0 radical (unpaired) electrons. The second kappa shape index (κ2) is 42.6. The van der Waals surface area contributed by atoms with Crippen molar-refractivity contribution in [1.82, 2.24) is 5.32 Å². The smallest absolute Gasteiger partial charge is 0.222 e. The van der Waals surface area contributed by atoms with Crippen molar-refractivity contribution in [3.63, 3.8) is 0 Å². The molecule has 1 amide bonds. The molecule has 3 unspecified atom stereocenters. The van der Waals surface area contributed by atoms with Gasteiger partial charge >= 0.3 is 0 Å². The minimum absolute atomic E-state index is 0.00982. The van der Waals surface area contributed by atoms with Crippen molar-refractivity contribution in [2.24, 2.45) is 0 Å². The number of aliphatic hydroxyl groups excluding tert-OH is 3. The quantitative estimate of drug-likeness (QED) is 0.0371. The number of aliphatic hydroxyl groups is 3. The summed E-state index contributed by atoms with van der Waals surface area (Å²) in [6.45, 7) is 4.21. The molecule has 0 aromatic carbocycles. The molecule has 0 aromatic rings. The summed E-state index contributed by atoms with van der Waals surface area (Å²) in [5, 5.41) is 33.2. The van der Waals surface area contributed by atoms with Gasteiger partial charge in [-0.05, 0) is 32.1 Å². The van der Waals surface area contributed by atoms with Crippen molar-refractivity contribution >= 4 is 5.91 Å². The van der Waals surface area contributed by atoms with Crippen LogP contribution >= 0.6 is 0 Å². The van der Waals surface area contributed by atoms with Crippen LogP contribution < -0.4 is 5.32 Å². The van der Waals surface area contributed by atoms with E-state index in [4.69, 9.17) is 0 Å². The third kappa shape index (κ3) is 38.6. The molecule has 0 saturated heterocycles. The second-order valence-electron chi connectivity index (χ2n) is 16.0. The minimum atomic E-state index is -0.948. The maximum Gasteiger partial charge on any atom is 0.222 e. The van der Waals surface area contributed by atoms with E-state index in [2.05, 4.69) is 31.3 Å². The van der Waals surface area contributed by atoms with E-state index in [1.54, 1.807) is 6.08 Å². The zero-order chi connectivity index (χ0) is 38.0. The zero-order valence-corrected chi connectivity index (χ0v) is 35.0. The summed E-state index contributed by atoms with van der Waals surface area (Å²) in [4.78, 5) is 12.4. The number of amides is 1. The van der Waals surface area contributed by atoms with Gasteiger partial charge in [0.05, 0.1) is 31.3 Å². The van der Waals surface area contributed by atoms with E-state index in [-0.39, 0.29) is 18.9 Å². The maximum absolute atomic E-state index is 12.4. The van der Waals surface area contributed by atoms with Crippen molar-refractivity contribution in [1.29, 1.82) is 0 Å². The fourth-order valence-corrected chi connectivity index (χ4v) is 7.18.